The molecule has 174 valence electrons. The van der Waals surface area contributed by atoms with Gasteiger partial charge in [0.05, 0.1) is 25.3 Å². The van der Waals surface area contributed by atoms with E-state index >= 15 is 0 Å². The Morgan fingerprint density at radius 2 is 1.71 bits per heavy atom. The lowest BCUT2D eigenvalue weighted by Gasteiger charge is -2.25. The van der Waals surface area contributed by atoms with Crippen molar-refractivity contribution in [3.05, 3.63) is 108 Å². The molecule has 0 aliphatic heterocycles. The summed E-state index contributed by atoms with van der Waals surface area (Å²) < 4.78 is 7.21. The van der Waals surface area contributed by atoms with E-state index in [2.05, 4.69) is 22.3 Å². The largest absolute Gasteiger partial charge is 0.497 e. The number of benzene rings is 3. The molecule has 34 heavy (non-hydrogen) atoms. The molecule has 0 aliphatic carbocycles. The molecule has 1 aromatic heterocycles. The van der Waals surface area contributed by atoms with Crippen LogP contribution in [0.5, 0.6) is 5.75 Å². The zero-order chi connectivity index (χ0) is 23.9. The molecule has 0 bridgehead atoms. The summed E-state index contributed by atoms with van der Waals surface area (Å²) in [6.07, 6.45) is 1.83. The van der Waals surface area contributed by atoms with Crippen LogP contribution in [0.15, 0.2) is 91.1 Å². The highest BCUT2D eigenvalue weighted by molar-refractivity contribution is 5.99. The number of ether oxygens (including phenoxy) is 1. The maximum atomic E-state index is 13.4. The molecule has 0 aliphatic rings. The number of nitrogens with zero attached hydrogens (tertiary/aromatic N) is 3. The van der Waals surface area contributed by atoms with Crippen LogP contribution in [0.3, 0.4) is 0 Å². The molecular formula is C28H30N4O2. The second-order valence-corrected chi connectivity index (χ2v) is 8.41. The van der Waals surface area contributed by atoms with Crippen molar-refractivity contribution in [3.63, 3.8) is 0 Å². The molecule has 1 heterocycles. The number of methoxy groups -OCH3 is 1. The van der Waals surface area contributed by atoms with Crippen LogP contribution < -0.4 is 10.1 Å². The molecule has 3 aromatic carbocycles. The van der Waals surface area contributed by atoms with Gasteiger partial charge in [0.1, 0.15) is 11.4 Å². The van der Waals surface area contributed by atoms with Gasteiger partial charge in [-0.1, -0.05) is 72.8 Å². The van der Waals surface area contributed by atoms with Gasteiger partial charge in [0.2, 0.25) is 0 Å². The quantitative estimate of drug-likeness (QED) is 0.400. The first kappa shape index (κ1) is 23.3. The molecule has 6 heteroatoms. The zero-order valence-corrected chi connectivity index (χ0v) is 19.8. The number of nitrogens with one attached hydrogen (secondary N) is 1. The van der Waals surface area contributed by atoms with Crippen LogP contribution in [0.2, 0.25) is 0 Å². The van der Waals surface area contributed by atoms with Gasteiger partial charge in [0.25, 0.3) is 5.91 Å². The summed E-state index contributed by atoms with van der Waals surface area (Å²) in [5, 5.41) is 7.90. The first-order valence-electron chi connectivity index (χ1n) is 11.3. The molecule has 4 rings (SSSR count). The fourth-order valence-electron chi connectivity index (χ4n) is 3.98. The van der Waals surface area contributed by atoms with E-state index in [0.29, 0.717) is 24.3 Å². The molecule has 0 spiro atoms. The van der Waals surface area contributed by atoms with Crippen LogP contribution in [-0.4, -0.2) is 48.3 Å². The number of carbonyl (C=O) groups excluding carboxylic acids is 1. The molecule has 1 amide bonds. The Labute approximate surface area is 200 Å². The summed E-state index contributed by atoms with van der Waals surface area (Å²) in [5.74, 6) is 0.650. The minimum atomic E-state index is -0.145. The van der Waals surface area contributed by atoms with Crippen molar-refractivity contribution in [1.82, 2.24) is 20.0 Å². The van der Waals surface area contributed by atoms with E-state index < -0.39 is 0 Å². The van der Waals surface area contributed by atoms with Gasteiger partial charge in [-0.05, 0) is 37.4 Å². The van der Waals surface area contributed by atoms with Gasteiger partial charge in [-0.25, -0.2) is 0 Å². The van der Waals surface area contributed by atoms with Crippen LogP contribution in [0, 0.1) is 0 Å². The second-order valence-electron chi connectivity index (χ2n) is 8.41. The number of hydrogen-bond acceptors (Lipinski definition) is 4. The Kier molecular flexibility index (Phi) is 7.40. The van der Waals surface area contributed by atoms with Crippen molar-refractivity contribution in [2.45, 2.75) is 12.6 Å². The van der Waals surface area contributed by atoms with Crippen LogP contribution in [0.1, 0.15) is 27.5 Å². The number of hydrogen-bond donors (Lipinski definition) is 1. The predicted octanol–water partition coefficient (Wildman–Crippen LogP) is 4.64. The molecule has 0 fully saturated rings. The smallest absolute Gasteiger partial charge is 0.255 e. The third-order valence-corrected chi connectivity index (χ3v) is 5.80. The van der Waals surface area contributed by atoms with Gasteiger partial charge in [-0.15, -0.1) is 0 Å². The minimum Gasteiger partial charge on any atom is -0.497 e. The van der Waals surface area contributed by atoms with Crippen molar-refractivity contribution in [2.75, 3.05) is 27.7 Å². The lowest BCUT2D eigenvalue weighted by molar-refractivity contribution is 0.0942. The molecule has 6 nitrogen and oxygen atoms in total. The van der Waals surface area contributed by atoms with Crippen molar-refractivity contribution in [2.24, 2.45) is 0 Å². The molecular weight excluding hydrogens is 424 g/mol. The highest BCUT2D eigenvalue weighted by Gasteiger charge is 2.21. The zero-order valence-electron chi connectivity index (χ0n) is 19.8. The molecule has 0 radical (unpaired) electrons. The Hall–Kier alpha value is -3.90. The monoisotopic (exact) mass is 454 g/mol. The predicted molar refractivity (Wildman–Crippen MR) is 135 cm³/mol. The van der Waals surface area contributed by atoms with E-state index in [9.17, 15) is 4.79 Å². The fourth-order valence-corrected chi connectivity index (χ4v) is 3.98. The first-order valence-corrected chi connectivity index (χ1v) is 11.3. The van der Waals surface area contributed by atoms with E-state index in [4.69, 9.17) is 9.84 Å². The third kappa shape index (κ3) is 5.53. The van der Waals surface area contributed by atoms with Crippen molar-refractivity contribution in [3.8, 4) is 17.0 Å². The molecule has 1 atom stereocenters. The molecule has 4 aromatic rings. The van der Waals surface area contributed by atoms with Gasteiger partial charge in [0, 0.05) is 18.3 Å². The van der Waals surface area contributed by atoms with Gasteiger partial charge in [0.15, 0.2) is 0 Å². The van der Waals surface area contributed by atoms with Crippen LogP contribution >= 0.6 is 0 Å². The highest BCUT2D eigenvalue weighted by Crippen LogP contribution is 2.24. The maximum Gasteiger partial charge on any atom is 0.255 e. The fraction of sp³-hybridized carbons (Fsp3) is 0.214. The second kappa shape index (κ2) is 10.8. The summed E-state index contributed by atoms with van der Waals surface area (Å²) in [5.41, 5.74) is 4.36. The average Bonchev–Trinajstić information content (AvgIpc) is 3.29. The Morgan fingerprint density at radius 3 is 2.38 bits per heavy atom. The SMILES string of the molecule is COc1cccc([C@H](CNC(=O)c2cn(Cc3ccccc3)nc2-c2ccccc2)N(C)C)c1. The number of likely N-dealkylation sites (N-methyl/N-ethyl adjacent to an activating group) is 1. The Bertz CT molecular complexity index is 1220. The Morgan fingerprint density at radius 1 is 1.00 bits per heavy atom. The summed E-state index contributed by atoms with van der Waals surface area (Å²) in [6, 6.07) is 27.9. The standard InChI is InChI=1S/C28H30N4O2/c1-31(2)26(23-15-10-16-24(17-23)34-3)18-29-28(33)25-20-32(19-21-11-6-4-7-12-21)30-27(25)22-13-8-5-9-14-22/h4-17,20,26H,18-19H2,1-3H3,(H,29,33)/t26-/m0/s1. The van der Waals surface area contributed by atoms with E-state index in [1.54, 1.807) is 7.11 Å². The number of rotatable bonds is 9. The maximum absolute atomic E-state index is 13.4. The van der Waals surface area contributed by atoms with Crippen LogP contribution in [0.25, 0.3) is 11.3 Å². The Balaban J connectivity index is 1.58. The lowest BCUT2D eigenvalue weighted by atomic mass is 10.0. The lowest BCUT2D eigenvalue weighted by Crippen LogP contribution is -2.34. The van der Waals surface area contributed by atoms with E-state index in [1.807, 2.05) is 97.8 Å². The summed E-state index contributed by atoms with van der Waals surface area (Å²) >= 11 is 0. The van der Waals surface area contributed by atoms with Crippen LogP contribution in [-0.2, 0) is 6.54 Å². The topological polar surface area (TPSA) is 59.4 Å². The van der Waals surface area contributed by atoms with E-state index in [-0.39, 0.29) is 11.9 Å². The molecule has 0 unspecified atom stereocenters. The summed E-state index contributed by atoms with van der Waals surface area (Å²) in [4.78, 5) is 15.5. The van der Waals surface area contributed by atoms with Crippen molar-refractivity contribution < 1.29 is 9.53 Å². The normalized spacial score (nSPS) is 11.9. The molecule has 0 saturated carbocycles. The number of aromatic nitrogens is 2. The minimum absolute atomic E-state index is 0.00131. The molecule has 0 saturated heterocycles. The first-order chi connectivity index (χ1) is 16.5. The van der Waals surface area contributed by atoms with Crippen molar-refractivity contribution >= 4 is 5.91 Å². The van der Waals surface area contributed by atoms with Gasteiger partial charge >= 0.3 is 0 Å². The number of carbonyl (C=O) groups is 1. The summed E-state index contributed by atoms with van der Waals surface area (Å²) in [6.45, 7) is 1.05. The number of amides is 1. The molecule has 1 N–H and O–H groups in total. The average molecular weight is 455 g/mol. The van der Waals surface area contributed by atoms with E-state index in [0.717, 1.165) is 22.4 Å². The van der Waals surface area contributed by atoms with Crippen molar-refractivity contribution in [1.29, 1.82) is 0 Å². The van der Waals surface area contributed by atoms with Gasteiger partial charge in [-0.2, -0.15) is 5.10 Å². The summed E-state index contributed by atoms with van der Waals surface area (Å²) in [7, 11) is 5.66. The third-order valence-electron chi connectivity index (χ3n) is 5.80. The van der Waals surface area contributed by atoms with Gasteiger partial charge < -0.3 is 15.0 Å². The highest BCUT2D eigenvalue weighted by atomic mass is 16.5. The van der Waals surface area contributed by atoms with Gasteiger partial charge in [-0.3, -0.25) is 9.48 Å². The van der Waals surface area contributed by atoms with Crippen LogP contribution in [0.4, 0.5) is 0 Å². The van der Waals surface area contributed by atoms with E-state index in [1.165, 1.54) is 0 Å².